The number of carbonyl (C=O) groups is 1. The van der Waals surface area contributed by atoms with Crippen LogP contribution in [0.15, 0.2) is 24.3 Å². The van der Waals surface area contributed by atoms with Crippen LogP contribution in [0.5, 0.6) is 0 Å². The van der Waals surface area contributed by atoms with Gasteiger partial charge in [-0.05, 0) is 38.1 Å². The first kappa shape index (κ1) is 13.5. The highest BCUT2D eigenvalue weighted by Gasteiger charge is 2.12. The van der Waals surface area contributed by atoms with Crippen molar-refractivity contribution in [3.8, 4) is 0 Å². The highest BCUT2D eigenvalue weighted by atomic mass is 16.6. The summed E-state index contributed by atoms with van der Waals surface area (Å²) in [7, 11) is 0. The monoisotopic (exact) mass is 263 g/mol. The summed E-state index contributed by atoms with van der Waals surface area (Å²) < 4.78 is 0. The molecule has 1 aromatic rings. The van der Waals surface area contributed by atoms with Crippen LogP contribution in [0.3, 0.4) is 0 Å². The molecule has 0 bridgehead atoms. The summed E-state index contributed by atoms with van der Waals surface area (Å²) in [5.74, 6) is -0.194. The maximum atomic E-state index is 11.9. The molecule has 1 amide bonds. The molecule has 1 heterocycles. The second kappa shape index (κ2) is 6.29. The van der Waals surface area contributed by atoms with Crippen molar-refractivity contribution in [3.63, 3.8) is 0 Å². The third kappa shape index (κ3) is 3.75. The van der Waals surface area contributed by atoms with Gasteiger partial charge in [0.25, 0.3) is 11.6 Å². The lowest BCUT2D eigenvalue weighted by Gasteiger charge is -2.26. The van der Waals surface area contributed by atoms with Crippen LogP contribution in [0.1, 0.15) is 29.6 Å². The molecule has 0 saturated carbocycles. The first-order valence-electron chi connectivity index (χ1n) is 6.42. The van der Waals surface area contributed by atoms with Crippen LogP contribution in [0.2, 0.25) is 0 Å². The Bertz CT molecular complexity index is 453. The molecular formula is C13H17N3O3. The van der Waals surface area contributed by atoms with Crippen molar-refractivity contribution in [1.82, 2.24) is 10.2 Å². The number of likely N-dealkylation sites (tertiary alicyclic amines) is 1. The van der Waals surface area contributed by atoms with Gasteiger partial charge in [0.15, 0.2) is 0 Å². The first-order valence-corrected chi connectivity index (χ1v) is 6.42. The van der Waals surface area contributed by atoms with Crippen molar-refractivity contribution < 1.29 is 9.72 Å². The lowest BCUT2D eigenvalue weighted by molar-refractivity contribution is -0.384. The van der Waals surface area contributed by atoms with Crippen molar-refractivity contribution >= 4 is 11.6 Å². The summed E-state index contributed by atoms with van der Waals surface area (Å²) in [5.41, 5.74) is 0.440. The van der Waals surface area contributed by atoms with Gasteiger partial charge in [-0.15, -0.1) is 0 Å². The van der Waals surface area contributed by atoms with E-state index in [1.165, 1.54) is 43.5 Å². The number of non-ortho nitro benzene ring substituents is 1. The SMILES string of the molecule is O=C(NCN1CCCCC1)c1ccc([N+](=O)[O-])cc1. The van der Waals surface area contributed by atoms with Crippen molar-refractivity contribution in [2.24, 2.45) is 0 Å². The van der Waals surface area contributed by atoms with E-state index in [4.69, 9.17) is 0 Å². The number of hydrogen-bond acceptors (Lipinski definition) is 4. The fraction of sp³-hybridized carbons (Fsp3) is 0.462. The predicted octanol–water partition coefficient (Wildman–Crippen LogP) is 1.77. The molecule has 6 heteroatoms. The highest BCUT2D eigenvalue weighted by molar-refractivity contribution is 5.94. The zero-order valence-corrected chi connectivity index (χ0v) is 10.7. The fourth-order valence-corrected chi connectivity index (χ4v) is 2.14. The Balaban J connectivity index is 1.86. The summed E-state index contributed by atoms with van der Waals surface area (Å²) in [6, 6.07) is 5.64. The van der Waals surface area contributed by atoms with Gasteiger partial charge in [-0.25, -0.2) is 0 Å². The normalized spacial score (nSPS) is 16.0. The van der Waals surface area contributed by atoms with Gasteiger partial charge in [0.2, 0.25) is 0 Å². The van der Waals surface area contributed by atoms with Crippen LogP contribution in [0.25, 0.3) is 0 Å². The Labute approximate surface area is 111 Å². The van der Waals surface area contributed by atoms with Crippen molar-refractivity contribution in [1.29, 1.82) is 0 Å². The second-order valence-electron chi connectivity index (χ2n) is 4.65. The van der Waals surface area contributed by atoms with Gasteiger partial charge in [0.05, 0.1) is 11.6 Å². The van der Waals surface area contributed by atoms with Crippen LogP contribution in [0, 0.1) is 10.1 Å². The molecule has 19 heavy (non-hydrogen) atoms. The van der Waals surface area contributed by atoms with Crippen molar-refractivity contribution in [2.75, 3.05) is 19.8 Å². The van der Waals surface area contributed by atoms with E-state index in [1.807, 2.05) is 0 Å². The third-order valence-electron chi connectivity index (χ3n) is 3.25. The number of benzene rings is 1. The molecule has 6 nitrogen and oxygen atoms in total. The molecule has 102 valence electrons. The molecule has 0 unspecified atom stereocenters. The number of carbonyl (C=O) groups excluding carboxylic acids is 1. The van der Waals surface area contributed by atoms with E-state index in [-0.39, 0.29) is 11.6 Å². The number of nitrogens with one attached hydrogen (secondary N) is 1. The van der Waals surface area contributed by atoms with E-state index in [0.29, 0.717) is 12.2 Å². The zero-order valence-electron chi connectivity index (χ0n) is 10.7. The fourth-order valence-electron chi connectivity index (χ4n) is 2.14. The molecule has 0 radical (unpaired) electrons. The summed E-state index contributed by atoms with van der Waals surface area (Å²) in [4.78, 5) is 24.1. The molecule has 2 rings (SSSR count). The average Bonchev–Trinajstić information content (AvgIpc) is 2.46. The van der Waals surface area contributed by atoms with E-state index in [0.717, 1.165) is 13.1 Å². The lowest BCUT2D eigenvalue weighted by Crippen LogP contribution is -2.40. The highest BCUT2D eigenvalue weighted by Crippen LogP contribution is 2.12. The number of nitro groups is 1. The van der Waals surface area contributed by atoms with E-state index in [9.17, 15) is 14.9 Å². The summed E-state index contributed by atoms with van der Waals surface area (Å²) in [5, 5.41) is 13.3. The molecule has 1 fully saturated rings. The van der Waals surface area contributed by atoms with Crippen molar-refractivity contribution in [2.45, 2.75) is 19.3 Å². The van der Waals surface area contributed by atoms with Crippen LogP contribution >= 0.6 is 0 Å². The van der Waals surface area contributed by atoms with Gasteiger partial charge in [-0.3, -0.25) is 19.8 Å². The van der Waals surface area contributed by atoms with Crippen LogP contribution in [-0.2, 0) is 0 Å². The van der Waals surface area contributed by atoms with E-state index in [2.05, 4.69) is 10.2 Å². The van der Waals surface area contributed by atoms with Gasteiger partial charge in [0, 0.05) is 17.7 Å². The maximum Gasteiger partial charge on any atom is 0.269 e. The van der Waals surface area contributed by atoms with E-state index < -0.39 is 4.92 Å². The second-order valence-corrected chi connectivity index (χ2v) is 4.65. The minimum atomic E-state index is -0.477. The Morgan fingerprint density at radius 3 is 2.42 bits per heavy atom. The number of nitro benzene ring substituents is 1. The van der Waals surface area contributed by atoms with Crippen LogP contribution in [0.4, 0.5) is 5.69 Å². The van der Waals surface area contributed by atoms with Gasteiger partial charge < -0.3 is 5.32 Å². The molecule has 0 aromatic heterocycles. The summed E-state index contributed by atoms with van der Waals surface area (Å²) >= 11 is 0. The van der Waals surface area contributed by atoms with Gasteiger partial charge in [-0.2, -0.15) is 0 Å². The number of rotatable bonds is 4. The molecule has 1 N–H and O–H groups in total. The Morgan fingerprint density at radius 2 is 1.84 bits per heavy atom. The Hall–Kier alpha value is -1.95. The van der Waals surface area contributed by atoms with Gasteiger partial charge in [-0.1, -0.05) is 6.42 Å². The minimum absolute atomic E-state index is 0.00687. The number of nitrogens with zero attached hydrogens (tertiary/aromatic N) is 2. The third-order valence-corrected chi connectivity index (χ3v) is 3.25. The Kier molecular flexibility index (Phi) is 4.46. The first-order chi connectivity index (χ1) is 9.16. The minimum Gasteiger partial charge on any atom is -0.339 e. The standard InChI is InChI=1S/C13H17N3O3/c17-13(14-10-15-8-2-1-3-9-15)11-4-6-12(7-5-11)16(18)19/h4-7H,1-3,8-10H2,(H,14,17). The average molecular weight is 263 g/mol. The largest absolute Gasteiger partial charge is 0.339 e. The van der Waals surface area contributed by atoms with Crippen LogP contribution < -0.4 is 5.32 Å². The lowest BCUT2D eigenvalue weighted by atomic mass is 10.1. The molecule has 1 aromatic carbocycles. The maximum absolute atomic E-state index is 11.9. The molecule has 0 atom stereocenters. The van der Waals surface area contributed by atoms with E-state index in [1.54, 1.807) is 0 Å². The topological polar surface area (TPSA) is 75.5 Å². The van der Waals surface area contributed by atoms with Gasteiger partial charge in [0.1, 0.15) is 0 Å². The smallest absolute Gasteiger partial charge is 0.269 e. The molecular weight excluding hydrogens is 246 g/mol. The van der Waals surface area contributed by atoms with Crippen LogP contribution in [-0.4, -0.2) is 35.5 Å². The molecule has 1 aliphatic heterocycles. The molecule has 1 saturated heterocycles. The molecule has 0 spiro atoms. The quantitative estimate of drug-likeness (QED) is 0.663. The number of hydrogen-bond donors (Lipinski definition) is 1. The van der Waals surface area contributed by atoms with Crippen molar-refractivity contribution in [3.05, 3.63) is 39.9 Å². The molecule has 0 aliphatic carbocycles. The molecule has 1 aliphatic rings. The summed E-state index contributed by atoms with van der Waals surface area (Å²) in [6.45, 7) is 2.57. The number of amides is 1. The van der Waals surface area contributed by atoms with Gasteiger partial charge >= 0.3 is 0 Å². The zero-order chi connectivity index (χ0) is 13.7. The number of piperidine rings is 1. The van der Waals surface area contributed by atoms with E-state index >= 15 is 0 Å². The summed E-state index contributed by atoms with van der Waals surface area (Å²) in [6.07, 6.45) is 3.60. The predicted molar refractivity (Wildman–Crippen MR) is 70.9 cm³/mol. The Morgan fingerprint density at radius 1 is 1.21 bits per heavy atom.